The molecule has 9 heteroatoms. The highest BCUT2D eigenvalue weighted by Crippen LogP contribution is 2.52. The van der Waals surface area contributed by atoms with Gasteiger partial charge in [0.1, 0.15) is 17.4 Å². The van der Waals surface area contributed by atoms with Gasteiger partial charge in [-0.2, -0.15) is 0 Å². The van der Waals surface area contributed by atoms with Gasteiger partial charge in [-0.15, -0.1) is 0 Å². The molecule has 1 spiro atoms. The number of alkyl carbamates (subject to hydrolysis) is 1. The van der Waals surface area contributed by atoms with Crippen molar-refractivity contribution in [3.05, 3.63) is 71.3 Å². The first-order valence-electron chi connectivity index (χ1n) is 14.8. The molecule has 0 saturated carbocycles. The molecule has 1 saturated heterocycles. The summed E-state index contributed by atoms with van der Waals surface area (Å²) in [6, 6.07) is 18.1. The van der Waals surface area contributed by atoms with E-state index in [9.17, 15) is 19.5 Å². The molecule has 1 aliphatic carbocycles. The molecule has 4 rings (SSSR count). The summed E-state index contributed by atoms with van der Waals surface area (Å²) >= 11 is 0. The van der Waals surface area contributed by atoms with Gasteiger partial charge in [-0.05, 0) is 95.0 Å². The minimum Gasteiger partial charge on any atom is -0.481 e. The van der Waals surface area contributed by atoms with Crippen molar-refractivity contribution in [3.8, 4) is 0 Å². The first kappa shape index (κ1) is 31.5. The maximum absolute atomic E-state index is 13.4. The van der Waals surface area contributed by atoms with Crippen molar-refractivity contribution in [3.63, 3.8) is 0 Å². The molecule has 2 amide bonds. The lowest BCUT2D eigenvalue weighted by Gasteiger charge is -2.41. The third-order valence-corrected chi connectivity index (χ3v) is 8.23. The Morgan fingerprint density at radius 3 is 2.29 bits per heavy atom. The summed E-state index contributed by atoms with van der Waals surface area (Å²) in [4.78, 5) is 39.6. The fourth-order valence-electron chi connectivity index (χ4n) is 6.15. The number of nitrogens with one attached hydrogen (secondary N) is 2. The molecule has 0 bridgehead atoms. The number of aliphatic carboxylic acids is 1. The van der Waals surface area contributed by atoms with Crippen molar-refractivity contribution in [1.82, 2.24) is 15.5 Å². The van der Waals surface area contributed by atoms with Crippen molar-refractivity contribution in [1.29, 1.82) is 0 Å². The van der Waals surface area contributed by atoms with E-state index in [-0.39, 0.29) is 23.7 Å². The van der Waals surface area contributed by atoms with E-state index in [1.807, 2.05) is 42.5 Å². The molecular weight excluding hydrogens is 534 g/mol. The molecule has 42 heavy (non-hydrogen) atoms. The molecule has 1 heterocycles. The van der Waals surface area contributed by atoms with Crippen LogP contribution in [0.2, 0.25) is 0 Å². The largest absolute Gasteiger partial charge is 0.481 e. The second kappa shape index (κ2) is 12.8. The van der Waals surface area contributed by atoms with Crippen LogP contribution in [-0.2, 0) is 31.1 Å². The van der Waals surface area contributed by atoms with E-state index in [0.29, 0.717) is 13.2 Å². The van der Waals surface area contributed by atoms with Gasteiger partial charge in [-0.1, -0.05) is 54.6 Å². The standard InChI is InChI=1S/C33H45N3O6/c1-31(2,3)42-30(40)35-32(4,5)29(39)34-27(41-22-23-11-7-6-8-12-23)21-36-17-15-33(16-18-36)20-24(19-28(37)38)25-13-9-10-14-26(25)33/h6-14,24,27H,15-22H2,1-5H3,(H,34,39)(H,35,40)(H,37,38)/t24?,27-/m1/s1. The van der Waals surface area contributed by atoms with Gasteiger partial charge < -0.3 is 25.2 Å². The average molecular weight is 580 g/mol. The van der Waals surface area contributed by atoms with Crippen LogP contribution in [0.15, 0.2) is 54.6 Å². The topological polar surface area (TPSA) is 117 Å². The second-order valence-corrected chi connectivity index (χ2v) is 13.2. The van der Waals surface area contributed by atoms with E-state index in [4.69, 9.17) is 9.47 Å². The number of amides is 2. The Morgan fingerprint density at radius 2 is 1.64 bits per heavy atom. The molecule has 1 aliphatic heterocycles. The summed E-state index contributed by atoms with van der Waals surface area (Å²) in [6.07, 6.45) is 1.54. The van der Waals surface area contributed by atoms with Crippen LogP contribution < -0.4 is 10.6 Å². The molecular formula is C33H45N3O6. The molecule has 2 atom stereocenters. The van der Waals surface area contributed by atoms with Crippen molar-refractivity contribution in [2.45, 2.75) is 95.6 Å². The van der Waals surface area contributed by atoms with Crippen molar-refractivity contribution >= 4 is 18.0 Å². The Kier molecular flexibility index (Phi) is 9.63. The van der Waals surface area contributed by atoms with Crippen LogP contribution in [0.25, 0.3) is 0 Å². The molecule has 0 radical (unpaired) electrons. The summed E-state index contributed by atoms with van der Waals surface area (Å²) in [6.45, 7) is 11.0. The van der Waals surface area contributed by atoms with Gasteiger partial charge in [0.2, 0.25) is 5.91 Å². The molecule has 0 aromatic heterocycles. The van der Waals surface area contributed by atoms with Crippen LogP contribution in [0.4, 0.5) is 4.79 Å². The zero-order valence-electron chi connectivity index (χ0n) is 25.4. The molecule has 2 aromatic rings. The highest BCUT2D eigenvalue weighted by Gasteiger charge is 2.46. The molecule has 9 nitrogen and oxygen atoms in total. The highest BCUT2D eigenvalue weighted by atomic mass is 16.6. The fraction of sp³-hybridized carbons (Fsp3) is 0.545. The van der Waals surface area contributed by atoms with Crippen LogP contribution >= 0.6 is 0 Å². The maximum Gasteiger partial charge on any atom is 0.408 e. The minimum absolute atomic E-state index is 0.0316. The van der Waals surface area contributed by atoms with Crippen LogP contribution in [-0.4, -0.2) is 65.0 Å². The number of ether oxygens (including phenoxy) is 2. The summed E-state index contributed by atoms with van der Waals surface area (Å²) in [5.41, 5.74) is 1.51. The van der Waals surface area contributed by atoms with Gasteiger partial charge in [0, 0.05) is 6.54 Å². The Bertz CT molecular complexity index is 1250. The molecule has 228 valence electrons. The zero-order chi connectivity index (χ0) is 30.5. The number of hydrogen-bond donors (Lipinski definition) is 3. The number of fused-ring (bicyclic) bond motifs is 2. The third kappa shape index (κ3) is 8.10. The van der Waals surface area contributed by atoms with E-state index in [1.54, 1.807) is 34.6 Å². The van der Waals surface area contributed by atoms with E-state index < -0.39 is 29.4 Å². The van der Waals surface area contributed by atoms with E-state index >= 15 is 0 Å². The Balaban J connectivity index is 1.42. The van der Waals surface area contributed by atoms with Gasteiger partial charge in [-0.25, -0.2) is 4.79 Å². The molecule has 2 aromatic carbocycles. The lowest BCUT2D eigenvalue weighted by atomic mass is 9.73. The molecule has 1 unspecified atom stereocenters. The summed E-state index contributed by atoms with van der Waals surface area (Å²) in [5, 5.41) is 15.2. The number of carboxylic acid groups (broad SMARTS) is 1. The normalized spacial score (nSPS) is 19.1. The second-order valence-electron chi connectivity index (χ2n) is 13.2. The number of piperidine rings is 1. The van der Waals surface area contributed by atoms with Gasteiger partial charge in [0.15, 0.2) is 0 Å². The maximum atomic E-state index is 13.4. The number of benzene rings is 2. The Hall–Kier alpha value is -3.43. The number of likely N-dealkylation sites (tertiary alicyclic amines) is 1. The van der Waals surface area contributed by atoms with E-state index in [1.165, 1.54) is 11.1 Å². The lowest BCUT2D eigenvalue weighted by molar-refractivity contribution is -0.137. The summed E-state index contributed by atoms with van der Waals surface area (Å²) in [5.74, 6) is -1.10. The zero-order valence-corrected chi connectivity index (χ0v) is 25.4. The van der Waals surface area contributed by atoms with Crippen LogP contribution in [0.3, 0.4) is 0 Å². The van der Waals surface area contributed by atoms with Gasteiger partial charge in [-0.3, -0.25) is 14.5 Å². The van der Waals surface area contributed by atoms with Crippen LogP contribution in [0.5, 0.6) is 0 Å². The number of nitrogens with zero attached hydrogens (tertiary/aromatic N) is 1. The smallest absolute Gasteiger partial charge is 0.408 e. The van der Waals surface area contributed by atoms with Gasteiger partial charge in [0.25, 0.3) is 0 Å². The summed E-state index contributed by atoms with van der Waals surface area (Å²) < 4.78 is 11.6. The molecule has 2 aliphatic rings. The van der Waals surface area contributed by atoms with Crippen LogP contribution in [0.1, 0.15) is 82.9 Å². The number of carboxylic acids is 1. The molecule has 1 fully saturated rings. The van der Waals surface area contributed by atoms with E-state index in [2.05, 4.69) is 27.7 Å². The van der Waals surface area contributed by atoms with Crippen molar-refractivity contribution < 1.29 is 29.0 Å². The molecule has 3 N–H and O–H groups in total. The highest BCUT2D eigenvalue weighted by molar-refractivity contribution is 5.89. The van der Waals surface area contributed by atoms with Gasteiger partial charge in [0.05, 0.1) is 13.0 Å². The number of carbonyl (C=O) groups excluding carboxylic acids is 2. The first-order valence-corrected chi connectivity index (χ1v) is 14.8. The third-order valence-electron chi connectivity index (χ3n) is 8.23. The van der Waals surface area contributed by atoms with Crippen molar-refractivity contribution in [2.24, 2.45) is 0 Å². The lowest BCUT2D eigenvalue weighted by Crippen LogP contribution is -2.59. The average Bonchev–Trinajstić information content (AvgIpc) is 3.20. The Labute approximate surface area is 249 Å². The minimum atomic E-state index is -1.23. The monoisotopic (exact) mass is 579 g/mol. The number of carbonyl (C=O) groups is 3. The Morgan fingerprint density at radius 1 is 1.00 bits per heavy atom. The first-order chi connectivity index (χ1) is 19.8. The summed E-state index contributed by atoms with van der Waals surface area (Å²) in [7, 11) is 0. The quantitative estimate of drug-likeness (QED) is 0.341. The van der Waals surface area contributed by atoms with E-state index in [0.717, 1.165) is 37.9 Å². The number of hydrogen-bond acceptors (Lipinski definition) is 6. The van der Waals surface area contributed by atoms with Crippen molar-refractivity contribution in [2.75, 3.05) is 19.6 Å². The van der Waals surface area contributed by atoms with Gasteiger partial charge >= 0.3 is 12.1 Å². The number of rotatable bonds is 10. The SMILES string of the molecule is CC(C)(C)OC(=O)NC(C)(C)C(=O)N[C@@H](CN1CCC2(CC1)CC(CC(=O)O)c1ccccc12)OCc1ccccc1. The van der Waals surface area contributed by atoms with Crippen LogP contribution in [0, 0.1) is 0 Å². The fourth-order valence-corrected chi connectivity index (χ4v) is 6.15. The predicted octanol–water partition coefficient (Wildman–Crippen LogP) is 4.94. The predicted molar refractivity (Wildman–Crippen MR) is 160 cm³/mol.